The van der Waals surface area contributed by atoms with Gasteiger partial charge in [0.1, 0.15) is 11.7 Å². The fourth-order valence-corrected chi connectivity index (χ4v) is 5.79. The Kier molecular flexibility index (Phi) is 11.5. The van der Waals surface area contributed by atoms with Crippen LogP contribution in [0.1, 0.15) is 67.0 Å². The number of H-pyrrole nitrogens is 1. The van der Waals surface area contributed by atoms with E-state index >= 15 is 0 Å². The van der Waals surface area contributed by atoms with E-state index < -0.39 is 12.1 Å². The highest BCUT2D eigenvalue weighted by molar-refractivity contribution is 6.10. The molecular weight excluding hydrogens is 602 g/mol. The van der Waals surface area contributed by atoms with E-state index in [0.717, 1.165) is 27.7 Å². The van der Waals surface area contributed by atoms with E-state index in [0.29, 0.717) is 36.6 Å². The van der Waals surface area contributed by atoms with Crippen molar-refractivity contribution in [3.8, 4) is 5.75 Å². The van der Waals surface area contributed by atoms with Gasteiger partial charge in [0.25, 0.3) is 0 Å². The molecule has 0 spiro atoms. The number of benzene rings is 3. The molecule has 1 unspecified atom stereocenters. The highest BCUT2D eigenvalue weighted by atomic mass is 16.5. The number of aromatic nitrogens is 3. The molecule has 0 aliphatic carbocycles. The van der Waals surface area contributed by atoms with Gasteiger partial charge in [-0.1, -0.05) is 66.7 Å². The third-order valence-electron chi connectivity index (χ3n) is 8.39. The van der Waals surface area contributed by atoms with Gasteiger partial charge in [0.15, 0.2) is 17.4 Å². The van der Waals surface area contributed by atoms with Crippen LogP contribution in [0.25, 0.3) is 10.8 Å². The number of fused-ring (bicyclic) bond motifs is 1. The summed E-state index contributed by atoms with van der Waals surface area (Å²) in [4.78, 5) is 41.7. The van der Waals surface area contributed by atoms with Crippen LogP contribution in [0.2, 0.25) is 0 Å². The molecule has 2 heterocycles. The molecule has 5 aromatic rings. The number of imidazole rings is 1. The van der Waals surface area contributed by atoms with Gasteiger partial charge in [-0.25, -0.2) is 9.97 Å². The van der Waals surface area contributed by atoms with Crippen LogP contribution < -0.4 is 26.0 Å². The molecule has 0 saturated heterocycles. The maximum atomic E-state index is 14.0. The van der Waals surface area contributed by atoms with Crippen LogP contribution in [0.5, 0.6) is 5.75 Å². The Morgan fingerprint density at radius 1 is 0.896 bits per heavy atom. The molecule has 0 aliphatic rings. The third kappa shape index (κ3) is 8.64. The van der Waals surface area contributed by atoms with Gasteiger partial charge < -0.3 is 31.0 Å². The summed E-state index contributed by atoms with van der Waals surface area (Å²) in [5.74, 6) is 0.555. The van der Waals surface area contributed by atoms with Crippen LogP contribution >= 0.6 is 0 Å². The van der Waals surface area contributed by atoms with Crippen molar-refractivity contribution in [2.24, 2.45) is 11.7 Å². The quantitative estimate of drug-likeness (QED) is 0.0589. The molecule has 0 saturated carbocycles. The van der Waals surface area contributed by atoms with Crippen molar-refractivity contribution < 1.29 is 14.3 Å². The van der Waals surface area contributed by atoms with Gasteiger partial charge >= 0.3 is 0 Å². The van der Waals surface area contributed by atoms with Crippen molar-refractivity contribution in [1.82, 2.24) is 25.6 Å². The summed E-state index contributed by atoms with van der Waals surface area (Å²) in [5.41, 5.74) is 9.15. The fraction of sp³-hybridized carbons (Fsp3) is 0.316. The second kappa shape index (κ2) is 16.2. The van der Waals surface area contributed by atoms with E-state index in [9.17, 15) is 9.59 Å². The van der Waals surface area contributed by atoms with Gasteiger partial charge in [0, 0.05) is 37.7 Å². The Labute approximate surface area is 282 Å². The van der Waals surface area contributed by atoms with Crippen molar-refractivity contribution >= 4 is 28.3 Å². The number of hydrogen-bond donors (Lipinski definition) is 4. The van der Waals surface area contributed by atoms with Crippen LogP contribution in [0.4, 0.5) is 5.82 Å². The van der Waals surface area contributed by atoms with E-state index in [1.54, 1.807) is 30.7 Å². The minimum atomic E-state index is -0.945. The first-order chi connectivity index (χ1) is 23.2. The molecule has 2 aromatic heterocycles. The lowest BCUT2D eigenvalue weighted by atomic mass is 9.90. The van der Waals surface area contributed by atoms with E-state index in [-0.39, 0.29) is 30.3 Å². The molecule has 0 fully saturated rings. The summed E-state index contributed by atoms with van der Waals surface area (Å²) >= 11 is 0. The summed E-state index contributed by atoms with van der Waals surface area (Å²) < 4.78 is 5.96. The number of rotatable bonds is 16. The predicted molar refractivity (Wildman–Crippen MR) is 190 cm³/mol. The summed E-state index contributed by atoms with van der Waals surface area (Å²) in [6.07, 6.45) is 5.26. The second-order valence-corrected chi connectivity index (χ2v) is 12.3. The molecule has 0 bridgehead atoms. The molecule has 48 heavy (non-hydrogen) atoms. The lowest BCUT2D eigenvalue weighted by molar-refractivity contribution is -0.124. The number of amides is 1. The summed E-state index contributed by atoms with van der Waals surface area (Å²) in [6.45, 7) is 7.06. The highest BCUT2D eigenvalue weighted by Crippen LogP contribution is 2.28. The van der Waals surface area contributed by atoms with Gasteiger partial charge in [-0.05, 0) is 67.6 Å². The Morgan fingerprint density at radius 3 is 2.42 bits per heavy atom. The maximum Gasteiger partial charge on any atom is 0.231 e. The first-order valence-electron chi connectivity index (χ1n) is 16.4. The van der Waals surface area contributed by atoms with Crippen LogP contribution in [-0.2, 0) is 17.9 Å². The van der Waals surface area contributed by atoms with Crippen molar-refractivity contribution in [3.63, 3.8) is 0 Å². The third-order valence-corrected chi connectivity index (χ3v) is 8.39. The van der Waals surface area contributed by atoms with Gasteiger partial charge in [0.2, 0.25) is 5.91 Å². The zero-order valence-electron chi connectivity index (χ0n) is 28.0. The first-order valence-corrected chi connectivity index (χ1v) is 16.4. The van der Waals surface area contributed by atoms with E-state index in [2.05, 4.69) is 25.6 Å². The van der Waals surface area contributed by atoms with Gasteiger partial charge in [-0.3, -0.25) is 9.59 Å². The zero-order valence-corrected chi connectivity index (χ0v) is 28.0. The van der Waals surface area contributed by atoms with Crippen LogP contribution in [0.15, 0.2) is 97.5 Å². The number of pyridine rings is 1. The smallest absolute Gasteiger partial charge is 0.231 e. The molecule has 5 rings (SSSR count). The summed E-state index contributed by atoms with van der Waals surface area (Å²) in [6, 6.07) is 24.9. The molecule has 3 aromatic carbocycles. The zero-order chi connectivity index (χ0) is 34.0. The minimum absolute atomic E-state index is 0.0369. The summed E-state index contributed by atoms with van der Waals surface area (Å²) in [5, 5.41) is 8.63. The van der Waals surface area contributed by atoms with Crippen LogP contribution in [0, 0.1) is 5.92 Å². The number of nitrogens with zero attached hydrogens (tertiary/aromatic N) is 3. The molecule has 10 heteroatoms. The van der Waals surface area contributed by atoms with Crippen molar-refractivity contribution in [3.05, 3.63) is 120 Å². The average Bonchev–Trinajstić information content (AvgIpc) is 3.61. The van der Waals surface area contributed by atoms with Crippen molar-refractivity contribution in [2.45, 2.75) is 65.0 Å². The molecule has 1 amide bonds. The highest BCUT2D eigenvalue weighted by Gasteiger charge is 2.30. The number of anilines is 1. The Bertz CT molecular complexity index is 1780. The molecular formula is C38H45N7O3. The lowest BCUT2D eigenvalue weighted by Gasteiger charge is -2.29. The first kappa shape index (κ1) is 34.3. The minimum Gasteiger partial charge on any atom is -0.487 e. The summed E-state index contributed by atoms with van der Waals surface area (Å²) in [7, 11) is 1.85. The molecule has 0 aliphatic heterocycles. The number of aromatic amines is 1. The molecule has 3 atom stereocenters. The maximum absolute atomic E-state index is 14.0. The van der Waals surface area contributed by atoms with Crippen molar-refractivity contribution in [2.75, 3.05) is 11.9 Å². The number of hydrogen-bond acceptors (Lipinski definition) is 8. The average molecular weight is 648 g/mol. The largest absolute Gasteiger partial charge is 0.487 e. The van der Waals surface area contributed by atoms with E-state index in [1.807, 2.05) is 99.4 Å². The number of carbonyl (C=O) groups excluding carboxylic acids is 2. The van der Waals surface area contributed by atoms with Gasteiger partial charge in [0.05, 0.1) is 24.9 Å². The molecule has 5 N–H and O–H groups in total. The number of ketones is 1. The molecule has 0 radical (unpaired) electrons. The van der Waals surface area contributed by atoms with Crippen LogP contribution in [0.3, 0.4) is 0 Å². The van der Waals surface area contributed by atoms with Gasteiger partial charge in [-0.2, -0.15) is 0 Å². The lowest BCUT2D eigenvalue weighted by Crippen LogP contribution is -2.42. The number of ether oxygens (including phenoxy) is 1. The number of nitrogens with two attached hydrogens (primary N) is 1. The normalized spacial score (nSPS) is 13.2. The monoisotopic (exact) mass is 647 g/mol. The predicted octanol–water partition coefficient (Wildman–Crippen LogP) is 5.91. The Morgan fingerprint density at radius 2 is 1.67 bits per heavy atom. The molecule has 250 valence electrons. The number of carbonyl (C=O) groups is 2. The topological polar surface area (TPSA) is 138 Å². The van der Waals surface area contributed by atoms with Gasteiger partial charge in [-0.15, -0.1) is 0 Å². The van der Waals surface area contributed by atoms with E-state index in [4.69, 9.17) is 10.5 Å². The standard InChI is InChI=1S/C38H45N7O3/c1-25(2)48-33-13-8-20-43-37(33)45(4)34(39)19-18-32(38(47)44-26(3)30-12-7-10-28-9-5-6-11-31(28)30)36(46)29-16-14-27(15-17-29)23-40-24-35-41-21-22-42-35/h5-17,20-22,25-26,32,34,40H,18-19,23-24,39H2,1-4H3,(H,41,42)(H,44,47)/t26-,32-,34?/m0/s1. The second-order valence-electron chi connectivity index (χ2n) is 12.3. The number of Topliss-reactive ketones (excluding diaryl/α,β-unsaturated/α-hetero) is 1. The van der Waals surface area contributed by atoms with E-state index in [1.165, 1.54) is 0 Å². The fourth-order valence-electron chi connectivity index (χ4n) is 5.79. The van der Waals surface area contributed by atoms with Crippen LogP contribution in [-0.4, -0.2) is 46.0 Å². The number of nitrogens with one attached hydrogen (secondary N) is 3. The Hall–Kier alpha value is -5.06. The SMILES string of the molecule is CC(C)Oc1cccnc1N(C)C(N)CC[C@H](C(=O)N[C@@H](C)c1cccc2ccccc12)C(=O)c1ccc(CNCc2ncc[nH]2)cc1. The van der Waals surface area contributed by atoms with Crippen molar-refractivity contribution in [1.29, 1.82) is 0 Å². The molecule has 10 nitrogen and oxygen atoms in total. The Balaban J connectivity index is 1.32.